The zero-order valence-corrected chi connectivity index (χ0v) is 14.7. The number of nitrogens with zero attached hydrogens (tertiary/aromatic N) is 3. The minimum absolute atomic E-state index is 0.101. The van der Waals surface area contributed by atoms with Crippen molar-refractivity contribution in [1.82, 2.24) is 14.5 Å². The highest BCUT2D eigenvalue weighted by Crippen LogP contribution is 2.28. The molecule has 24 heavy (non-hydrogen) atoms. The minimum atomic E-state index is -3.58. The van der Waals surface area contributed by atoms with E-state index in [9.17, 15) is 13.2 Å². The Labute approximate surface area is 142 Å². The number of rotatable bonds is 7. The molecule has 1 amide bonds. The number of likely N-dealkylation sites (tertiary alicyclic amines) is 1. The molecule has 1 saturated heterocycles. The van der Waals surface area contributed by atoms with E-state index in [1.165, 1.54) is 11.0 Å². The highest BCUT2D eigenvalue weighted by Gasteiger charge is 2.39. The molecule has 2 rings (SSSR count). The Balaban J connectivity index is 2.07. The molecule has 9 heteroatoms. The number of ether oxygens (including phenoxy) is 1. The average molecular weight is 357 g/mol. The maximum absolute atomic E-state index is 12.2. The molecular formula is C15H23N3O5S. The first-order chi connectivity index (χ1) is 11.3. The van der Waals surface area contributed by atoms with Crippen LogP contribution in [0.2, 0.25) is 0 Å². The van der Waals surface area contributed by atoms with E-state index in [2.05, 4.69) is 11.6 Å². The molecular weight excluding hydrogens is 334 g/mol. The van der Waals surface area contributed by atoms with Gasteiger partial charge in [-0.1, -0.05) is 12.7 Å². The summed E-state index contributed by atoms with van der Waals surface area (Å²) in [6.45, 7) is 5.82. The number of aromatic nitrogens is 2. The van der Waals surface area contributed by atoms with Crippen molar-refractivity contribution in [2.24, 2.45) is 0 Å². The fourth-order valence-electron chi connectivity index (χ4n) is 2.90. The van der Waals surface area contributed by atoms with Gasteiger partial charge in [0, 0.05) is 24.5 Å². The predicted molar refractivity (Wildman–Crippen MR) is 87.9 cm³/mol. The summed E-state index contributed by atoms with van der Waals surface area (Å²) < 4.78 is 34.9. The van der Waals surface area contributed by atoms with Crippen molar-refractivity contribution < 1.29 is 22.1 Å². The van der Waals surface area contributed by atoms with Crippen LogP contribution in [-0.2, 0) is 19.0 Å². The van der Waals surface area contributed by atoms with Crippen LogP contribution in [0.15, 0.2) is 31.4 Å². The maximum atomic E-state index is 12.2. The van der Waals surface area contributed by atoms with Gasteiger partial charge < -0.3 is 14.2 Å². The first kappa shape index (κ1) is 18.5. The molecule has 0 unspecified atom stereocenters. The van der Waals surface area contributed by atoms with Crippen LogP contribution in [0.4, 0.5) is 4.79 Å². The number of amides is 1. The van der Waals surface area contributed by atoms with Gasteiger partial charge in [-0.2, -0.15) is 8.42 Å². The van der Waals surface area contributed by atoms with Crippen LogP contribution >= 0.6 is 0 Å². The lowest BCUT2D eigenvalue weighted by atomic mass is 10.1. The Morgan fingerprint density at radius 2 is 2.29 bits per heavy atom. The summed E-state index contributed by atoms with van der Waals surface area (Å²) in [6, 6.07) is -0.0735. The molecule has 1 aliphatic heterocycles. The third kappa shape index (κ3) is 5.07. The summed E-state index contributed by atoms with van der Waals surface area (Å²) in [5.74, 6) is 0. The van der Waals surface area contributed by atoms with Gasteiger partial charge in [-0.25, -0.2) is 9.78 Å². The number of hydrogen-bond donors (Lipinski definition) is 0. The smallest absolute Gasteiger partial charge is 0.410 e. The number of carbonyl (C=O) groups is 1. The Hall–Kier alpha value is -1.87. The van der Waals surface area contributed by atoms with Gasteiger partial charge in [0.1, 0.15) is 6.61 Å². The molecule has 2 heterocycles. The second-order valence-electron chi connectivity index (χ2n) is 5.92. The van der Waals surface area contributed by atoms with E-state index in [0.717, 1.165) is 6.26 Å². The summed E-state index contributed by atoms with van der Waals surface area (Å²) in [4.78, 5) is 17.8. The van der Waals surface area contributed by atoms with E-state index in [-0.39, 0.29) is 25.2 Å². The third-order valence-corrected chi connectivity index (χ3v) is 4.51. The van der Waals surface area contributed by atoms with Gasteiger partial charge in [0.25, 0.3) is 10.1 Å². The predicted octanol–water partition coefficient (Wildman–Crippen LogP) is 1.58. The first-order valence-corrected chi connectivity index (χ1v) is 9.51. The number of imidazole rings is 1. The number of carbonyl (C=O) groups excluding carboxylic acids is 1. The molecule has 1 aliphatic rings. The SMILES string of the molecule is C=CCOC(=O)N1C[C@H](OS(C)(=O)=O)C[C@H]1C[C@H](C)n1ccnc1. The van der Waals surface area contributed by atoms with Crippen molar-refractivity contribution in [1.29, 1.82) is 0 Å². The van der Waals surface area contributed by atoms with Gasteiger partial charge >= 0.3 is 6.09 Å². The zero-order chi connectivity index (χ0) is 17.7. The Morgan fingerprint density at radius 3 is 2.88 bits per heavy atom. The van der Waals surface area contributed by atoms with Gasteiger partial charge in [-0.05, 0) is 19.8 Å². The first-order valence-electron chi connectivity index (χ1n) is 7.70. The van der Waals surface area contributed by atoms with Crippen LogP contribution < -0.4 is 0 Å². The lowest BCUT2D eigenvalue weighted by molar-refractivity contribution is 0.101. The molecule has 8 nitrogen and oxygen atoms in total. The van der Waals surface area contributed by atoms with Crippen LogP contribution in [0.25, 0.3) is 0 Å². The fourth-order valence-corrected chi connectivity index (χ4v) is 3.53. The van der Waals surface area contributed by atoms with E-state index in [1.807, 2.05) is 17.7 Å². The molecule has 1 fully saturated rings. The van der Waals surface area contributed by atoms with Crippen molar-refractivity contribution >= 4 is 16.2 Å². The van der Waals surface area contributed by atoms with Crippen molar-refractivity contribution in [3.63, 3.8) is 0 Å². The van der Waals surface area contributed by atoms with Crippen LogP contribution in [0.3, 0.4) is 0 Å². The highest BCUT2D eigenvalue weighted by molar-refractivity contribution is 7.86. The Kier molecular flexibility index (Phi) is 6.00. The van der Waals surface area contributed by atoms with E-state index >= 15 is 0 Å². The molecule has 0 spiro atoms. The molecule has 0 aromatic carbocycles. The molecule has 0 N–H and O–H groups in total. The topological polar surface area (TPSA) is 90.7 Å². The van der Waals surface area contributed by atoms with Crippen molar-refractivity contribution in [2.75, 3.05) is 19.4 Å². The van der Waals surface area contributed by atoms with E-state index in [0.29, 0.717) is 12.8 Å². The van der Waals surface area contributed by atoms with Crippen LogP contribution in [0.5, 0.6) is 0 Å². The van der Waals surface area contributed by atoms with Gasteiger partial charge in [-0.3, -0.25) is 4.18 Å². The summed E-state index contributed by atoms with van der Waals surface area (Å²) >= 11 is 0. The van der Waals surface area contributed by atoms with E-state index < -0.39 is 22.3 Å². The Morgan fingerprint density at radius 1 is 1.54 bits per heavy atom. The monoisotopic (exact) mass is 357 g/mol. The fraction of sp³-hybridized carbons (Fsp3) is 0.600. The van der Waals surface area contributed by atoms with Crippen LogP contribution in [0.1, 0.15) is 25.8 Å². The lowest BCUT2D eigenvalue weighted by Crippen LogP contribution is -2.37. The van der Waals surface area contributed by atoms with Crippen molar-refractivity contribution in [3.05, 3.63) is 31.4 Å². The van der Waals surface area contributed by atoms with Crippen LogP contribution in [0, 0.1) is 0 Å². The summed E-state index contributed by atoms with van der Waals surface area (Å²) in [7, 11) is -3.58. The molecule has 1 aromatic heterocycles. The molecule has 1 aromatic rings. The molecule has 0 radical (unpaired) electrons. The van der Waals surface area contributed by atoms with E-state index in [4.69, 9.17) is 8.92 Å². The maximum Gasteiger partial charge on any atom is 0.410 e. The summed E-state index contributed by atoms with van der Waals surface area (Å²) in [5.41, 5.74) is 0. The van der Waals surface area contributed by atoms with Gasteiger partial charge in [0.15, 0.2) is 0 Å². The second-order valence-corrected chi connectivity index (χ2v) is 7.53. The van der Waals surface area contributed by atoms with Gasteiger partial charge in [0.05, 0.1) is 25.2 Å². The average Bonchev–Trinajstić information content (AvgIpc) is 3.13. The molecule has 3 atom stereocenters. The minimum Gasteiger partial charge on any atom is -0.445 e. The van der Waals surface area contributed by atoms with Gasteiger partial charge in [0.2, 0.25) is 0 Å². The summed E-state index contributed by atoms with van der Waals surface area (Å²) in [6.07, 6.45) is 7.79. The van der Waals surface area contributed by atoms with Crippen molar-refractivity contribution in [3.8, 4) is 0 Å². The standard InChI is InChI=1S/C15H23N3O5S/c1-4-7-22-15(19)18-10-14(23-24(3,20)21)9-13(18)8-12(2)17-6-5-16-11-17/h4-6,11-14H,1,7-10H2,2-3H3/t12-,13+,14+/m0/s1. The number of hydrogen-bond acceptors (Lipinski definition) is 6. The quantitative estimate of drug-likeness (QED) is 0.543. The normalized spacial score (nSPS) is 22.3. The zero-order valence-electron chi connectivity index (χ0n) is 13.9. The van der Waals surface area contributed by atoms with Gasteiger partial charge in [-0.15, -0.1) is 0 Å². The van der Waals surface area contributed by atoms with E-state index in [1.54, 1.807) is 12.5 Å². The third-order valence-electron chi connectivity index (χ3n) is 3.89. The second kappa shape index (κ2) is 7.80. The molecule has 0 aliphatic carbocycles. The largest absolute Gasteiger partial charge is 0.445 e. The molecule has 134 valence electrons. The highest BCUT2D eigenvalue weighted by atomic mass is 32.2. The Bertz CT molecular complexity index is 659. The van der Waals surface area contributed by atoms with Crippen molar-refractivity contribution in [2.45, 2.75) is 38.0 Å². The van der Waals surface area contributed by atoms with Crippen LogP contribution in [-0.4, -0.2) is 60.5 Å². The molecule has 0 bridgehead atoms. The summed E-state index contributed by atoms with van der Waals surface area (Å²) in [5, 5.41) is 0. The lowest BCUT2D eigenvalue weighted by Gasteiger charge is -2.26. The molecule has 0 saturated carbocycles.